The van der Waals surface area contributed by atoms with Gasteiger partial charge in [0.1, 0.15) is 0 Å². The molecule has 0 fully saturated rings. The summed E-state index contributed by atoms with van der Waals surface area (Å²) in [5.41, 5.74) is 2.58. The van der Waals surface area contributed by atoms with Crippen LogP contribution in [-0.2, 0) is 0 Å². The second kappa shape index (κ2) is 5.69. The zero-order valence-corrected chi connectivity index (χ0v) is 10.5. The van der Waals surface area contributed by atoms with E-state index in [-0.39, 0.29) is 12.5 Å². The fraction of sp³-hybridized carbons (Fsp3) is 0.357. The van der Waals surface area contributed by atoms with Crippen LogP contribution in [0.5, 0.6) is 0 Å². The number of nitrogens with one attached hydrogen (secondary N) is 2. The Balaban J connectivity index is 2.14. The SMILES string of the molecule is Cc1[nH]c2ccccc2c1C(=O)NCCCCO. The molecule has 2 aromatic rings. The number of fused-ring (bicyclic) bond motifs is 1. The summed E-state index contributed by atoms with van der Waals surface area (Å²) in [6, 6.07) is 7.78. The molecule has 3 N–H and O–H groups in total. The van der Waals surface area contributed by atoms with Crippen molar-refractivity contribution in [3.63, 3.8) is 0 Å². The molecule has 0 spiro atoms. The van der Waals surface area contributed by atoms with Crippen LogP contribution >= 0.6 is 0 Å². The maximum atomic E-state index is 12.1. The second-order valence-corrected chi connectivity index (χ2v) is 4.36. The van der Waals surface area contributed by atoms with Gasteiger partial charge in [-0.15, -0.1) is 0 Å². The fourth-order valence-electron chi connectivity index (χ4n) is 2.10. The maximum absolute atomic E-state index is 12.1. The Hall–Kier alpha value is -1.81. The highest BCUT2D eigenvalue weighted by Crippen LogP contribution is 2.21. The van der Waals surface area contributed by atoms with Crippen LogP contribution in [0.3, 0.4) is 0 Å². The zero-order valence-electron chi connectivity index (χ0n) is 10.5. The van der Waals surface area contributed by atoms with Gasteiger partial charge in [0.25, 0.3) is 5.91 Å². The first-order valence-corrected chi connectivity index (χ1v) is 6.20. The highest BCUT2D eigenvalue weighted by Gasteiger charge is 2.14. The van der Waals surface area contributed by atoms with Crippen LogP contribution in [0, 0.1) is 6.92 Å². The highest BCUT2D eigenvalue weighted by molar-refractivity contribution is 6.08. The van der Waals surface area contributed by atoms with Crippen molar-refractivity contribution in [3.05, 3.63) is 35.5 Å². The number of aliphatic hydroxyl groups is 1. The molecule has 0 unspecified atom stereocenters. The Morgan fingerprint density at radius 1 is 1.33 bits per heavy atom. The topological polar surface area (TPSA) is 65.1 Å². The Kier molecular flexibility index (Phi) is 3.99. The number of carbonyl (C=O) groups excluding carboxylic acids is 1. The Morgan fingerprint density at radius 3 is 2.89 bits per heavy atom. The molecule has 2 rings (SSSR count). The van der Waals surface area contributed by atoms with Crippen LogP contribution in [0.25, 0.3) is 10.9 Å². The maximum Gasteiger partial charge on any atom is 0.253 e. The van der Waals surface area contributed by atoms with E-state index in [9.17, 15) is 4.79 Å². The van der Waals surface area contributed by atoms with Gasteiger partial charge in [0.05, 0.1) is 5.56 Å². The lowest BCUT2D eigenvalue weighted by molar-refractivity contribution is 0.0953. The minimum absolute atomic E-state index is 0.0529. The summed E-state index contributed by atoms with van der Waals surface area (Å²) >= 11 is 0. The zero-order chi connectivity index (χ0) is 13.0. The van der Waals surface area contributed by atoms with Crippen molar-refractivity contribution in [2.75, 3.05) is 13.2 Å². The van der Waals surface area contributed by atoms with Crippen molar-refractivity contribution in [3.8, 4) is 0 Å². The molecule has 4 heteroatoms. The summed E-state index contributed by atoms with van der Waals surface area (Å²) < 4.78 is 0. The van der Waals surface area contributed by atoms with Gasteiger partial charge in [-0.05, 0) is 25.8 Å². The van der Waals surface area contributed by atoms with E-state index in [1.54, 1.807) is 0 Å². The van der Waals surface area contributed by atoms with E-state index in [1.807, 2.05) is 31.2 Å². The molecule has 0 saturated carbocycles. The predicted octanol–water partition coefficient (Wildman–Crippen LogP) is 1.98. The largest absolute Gasteiger partial charge is 0.396 e. The average Bonchev–Trinajstić information content (AvgIpc) is 2.70. The first kappa shape index (κ1) is 12.6. The molecule has 0 aliphatic heterocycles. The van der Waals surface area contributed by atoms with Gasteiger partial charge in [0.15, 0.2) is 0 Å². The number of aromatic amines is 1. The fourth-order valence-corrected chi connectivity index (χ4v) is 2.10. The summed E-state index contributed by atoms with van der Waals surface area (Å²) in [6.45, 7) is 2.67. The predicted molar refractivity (Wildman–Crippen MR) is 71.7 cm³/mol. The van der Waals surface area contributed by atoms with Gasteiger partial charge in [-0.25, -0.2) is 0 Å². The molecule has 0 saturated heterocycles. The van der Waals surface area contributed by atoms with Gasteiger partial charge < -0.3 is 15.4 Å². The Morgan fingerprint density at radius 2 is 2.11 bits per heavy atom. The van der Waals surface area contributed by atoms with Crippen molar-refractivity contribution < 1.29 is 9.90 Å². The lowest BCUT2D eigenvalue weighted by atomic mass is 10.1. The van der Waals surface area contributed by atoms with Crippen molar-refractivity contribution in [1.29, 1.82) is 0 Å². The van der Waals surface area contributed by atoms with E-state index in [0.717, 1.165) is 28.6 Å². The number of para-hydroxylation sites is 1. The minimum atomic E-state index is -0.0529. The number of hydrogen-bond acceptors (Lipinski definition) is 2. The van der Waals surface area contributed by atoms with Crippen LogP contribution in [-0.4, -0.2) is 29.1 Å². The Labute approximate surface area is 106 Å². The van der Waals surface area contributed by atoms with Gasteiger partial charge in [-0.1, -0.05) is 18.2 Å². The quantitative estimate of drug-likeness (QED) is 0.706. The van der Waals surface area contributed by atoms with Gasteiger partial charge in [-0.3, -0.25) is 4.79 Å². The number of H-pyrrole nitrogens is 1. The van der Waals surface area contributed by atoms with E-state index in [0.29, 0.717) is 13.0 Å². The third-order valence-electron chi connectivity index (χ3n) is 2.99. The molecule has 0 aliphatic carbocycles. The monoisotopic (exact) mass is 246 g/mol. The first-order chi connectivity index (χ1) is 8.74. The lowest BCUT2D eigenvalue weighted by Crippen LogP contribution is -2.25. The molecule has 1 heterocycles. The third kappa shape index (κ3) is 2.54. The average molecular weight is 246 g/mol. The number of carbonyl (C=O) groups is 1. The minimum Gasteiger partial charge on any atom is -0.396 e. The van der Waals surface area contributed by atoms with Crippen molar-refractivity contribution in [2.24, 2.45) is 0 Å². The summed E-state index contributed by atoms with van der Waals surface area (Å²) in [6.07, 6.45) is 1.51. The molecular weight excluding hydrogens is 228 g/mol. The molecule has 4 nitrogen and oxygen atoms in total. The van der Waals surface area contributed by atoms with Gasteiger partial charge in [0, 0.05) is 29.7 Å². The van der Waals surface area contributed by atoms with E-state index in [4.69, 9.17) is 5.11 Å². The number of unbranched alkanes of at least 4 members (excludes halogenated alkanes) is 1. The first-order valence-electron chi connectivity index (χ1n) is 6.20. The van der Waals surface area contributed by atoms with Crippen LogP contribution in [0.1, 0.15) is 28.9 Å². The normalized spacial score (nSPS) is 10.8. The van der Waals surface area contributed by atoms with Crippen LogP contribution in [0.15, 0.2) is 24.3 Å². The standard InChI is InChI=1S/C14H18N2O2/c1-10-13(14(18)15-8-4-5-9-17)11-6-2-3-7-12(11)16-10/h2-3,6-7,16-17H,4-5,8-9H2,1H3,(H,15,18). The molecule has 18 heavy (non-hydrogen) atoms. The molecule has 0 aliphatic rings. The van der Waals surface area contributed by atoms with Crippen molar-refractivity contribution in [1.82, 2.24) is 10.3 Å². The molecule has 1 amide bonds. The summed E-state index contributed by atoms with van der Waals surface area (Å²) in [7, 11) is 0. The molecular formula is C14H18N2O2. The number of rotatable bonds is 5. The number of amides is 1. The molecule has 1 aromatic carbocycles. The third-order valence-corrected chi connectivity index (χ3v) is 2.99. The number of aryl methyl sites for hydroxylation is 1. The smallest absolute Gasteiger partial charge is 0.253 e. The molecule has 0 radical (unpaired) electrons. The summed E-state index contributed by atoms with van der Waals surface area (Å²) in [5.74, 6) is -0.0529. The van der Waals surface area contributed by atoms with Gasteiger partial charge >= 0.3 is 0 Å². The number of benzene rings is 1. The van der Waals surface area contributed by atoms with Crippen LogP contribution in [0.4, 0.5) is 0 Å². The lowest BCUT2D eigenvalue weighted by Gasteiger charge is -2.04. The molecule has 1 aromatic heterocycles. The van der Waals surface area contributed by atoms with Crippen molar-refractivity contribution >= 4 is 16.8 Å². The van der Waals surface area contributed by atoms with Gasteiger partial charge in [0.2, 0.25) is 0 Å². The van der Waals surface area contributed by atoms with Gasteiger partial charge in [-0.2, -0.15) is 0 Å². The molecule has 0 bridgehead atoms. The van der Waals surface area contributed by atoms with E-state index in [2.05, 4.69) is 10.3 Å². The number of aliphatic hydroxyl groups excluding tert-OH is 1. The summed E-state index contributed by atoms with van der Waals surface area (Å²) in [5, 5.41) is 12.5. The van der Waals surface area contributed by atoms with E-state index in [1.165, 1.54) is 0 Å². The molecule has 0 atom stereocenters. The number of aromatic nitrogens is 1. The van der Waals surface area contributed by atoms with E-state index < -0.39 is 0 Å². The van der Waals surface area contributed by atoms with Crippen LogP contribution < -0.4 is 5.32 Å². The van der Waals surface area contributed by atoms with Crippen LogP contribution in [0.2, 0.25) is 0 Å². The number of hydrogen-bond donors (Lipinski definition) is 3. The summed E-state index contributed by atoms with van der Waals surface area (Å²) in [4.78, 5) is 15.3. The van der Waals surface area contributed by atoms with E-state index >= 15 is 0 Å². The Bertz CT molecular complexity index is 546. The highest BCUT2D eigenvalue weighted by atomic mass is 16.2. The second-order valence-electron chi connectivity index (χ2n) is 4.36. The van der Waals surface area contributed by atoms with Crippen molar-refractivity contribution in [2.45, 2.75) is 19.8 Å². The molecule has 96 valence electrons.